The highest BCUT2D eigenvalue weighted by Crippen LogP contribution is 2.32. The summed E-state index contributed by atoms with van der Waals surface area (Å²) in [5.74, 6) is 0. The van der Waals surface area contributed by atoms with Gasteiger partial charge in [-0.3, -0.25) is 4.98 Å². The summed E-state index contributed by atoms with van der Waals surface area (Å²) in [7, 11) is 0. The quantitative estimate of drug-likeness (QED) is 0.893. The largest absolute Gasteiger partial charge is 0.313 e. The molecule has 0 aliphatic heterocycles. The number of hydrogen-bond donors (Lipinski definition) is 1. The molecule has 0 amide bonds. The van der Waals surface area contributed by atoms with E-state index in [1.54, 1.807) is 0 Å². The summed E-state index contributed by atoms with van der Waals surface area (Å²) in [5, 5.41) is 4.40. The molecule has 1 aromatic heterocycles. The highest BCUT2D eigenvalue weighted by molar-refractivity contribution is 8.00. The van der Waals surface area contributed by atoms with E-state index in [-0.39, 0.29) is 0 Å². The third kappa shape index (κ3) is 4.29. The molecule has 100 valence electrons. The molecular weight excluding hydrogens is 240 g/mol. The maximum Gasteiger partial charge on any atom is 0.0278 e. The van der Waals surface area contributed by atoms with Gasteiger partial charge in [0.05, 0.1) is 0 Å². The van der Waals surface area contributed by atoms with Crippen LogP contribution in [-0.4, -0.2) is 22.8 Å². The highest BCUT2D eigenvalue weighted by atomic mass is 32.2. The number of nitrogens with zero attached hydrogens (tertiary/aromatic N) is 1. The van der Waals surface area contributed by atoms with Crippen molar-refractivity contribution in [3.8, 4) is 0 Å². The van der Waals surface area contributed by atoms with Crippen LogP contribution >= 0.6 is 11.8 Å². The van der Waals surface area contributed by atoms with Crippen molar-refractivity contribution in [2.45, 2.75) is 61.6 Å². The van der Waals surface area contributed by atoms with Crippen LogP contribution in [-0.2, 0) is 0 Å². The van der Waals surface area contributed by atoms with Crippen molar-refractivity contribution in [1.82, 2.24) is 10.3 Å². The molecule has 1 N–H and O–H groups in total. The maximum absolute atomic E-state index is 4.10. The second kappa shape index (κ2) is 7.80. The van der Waals surface area contributed by atoms with Gasteiger partial charge in [-0.05, 0) is 31.5 Å². The van der Waals surface area contributed by atoms with Crippen LogP contribution in [0.25, 0.3) is 0 Å². The summed E-state index contributed by atoms with van der Waals surface area (Å²) in [5.41, 5.74) is 0. The topological polar surface area (TPSA) is 24.9 Å². The summed E-state index contributed by atoms with van der Waals surface area (Å²) in [6.45, 7) is 3.30. The molecule has 1 heterocycles. The molecule has 0 radical (unpaired) electrons. The van der Waals surface area contributed by atoms with Crippen LogP contribution in [0, 0.1) is 0 Å². The first-order chi connectivity index (χ1) is 8.90. The van der Waals surface area contributed by atoms with Crippen LogP contribution < -0.4 is 5.32 Å². The second-order valence-corrected chi connectivity index (χ2v) is 6.31. The van der Waals surface area contributed by atoms with Crippen molar-refractivity contribution in [2.24, 2.45) is 0 Å². The van der Waals surface area contributed by atoms with Gasteiger partial charge in [-0.15, -0.1) is 11.8 Å². The molecule has 1 aromatic rings. The van der Waals surface area contributed by atoms with Crippen LogP contribution in [0.15, 0.2) is 29.4 Å². The summed E-state index contributed by atoms with van der Waals surface area (Å²) < 4.78 is 0. The molecule has 2 atom stereocenters. The molecule has 1 saturated carbocycles. The van der Waals surface area contributed by atoms with Gasteiger partial charge < -0.3 is 5.32 Å². The van der Waals surface area contributed by atoms with Crippen molar-refractivity contribution >= 4 is 11.8 Å². The zero-order chi connectivity index (χ0) is 12.6. The standard InChI is InChI=1S/C15H24N2S/c1-2-17-14-7-5-3-4-6-8-15(14)18-13-9-11-16-12-10-13/h9-12,14-15,17H,2-8H2,1H3. The Kier molecular flexibility index (Phi) is 6.01. The molecular formula is C15H24N2S. The molecule has 3 heteroatoms. The fourth-order valence-electron chi connectivity index (χ4n) is 2.68. The van der Waals surface area contributed by atoms with E-state index < -0.39 is 0 Å². The van der Waals surface area contributed by atoms with Gasteiger partial charge in [-0.1, -0.05) is 32.6 Å². The van der Waals surface area contributed by atoms with E-state index in [4.69, 9.17) is 0 Å². The molecule has 0 bridgehead atoms. The SMILES string of the molecule is CCNC1CCCCCCC1Sc1ccncc1. The van der Waals surface area contributed by atoms with E-state index in [1.165, 1.54) is 43.4 Å². The predicted octanol–water partition coefficient (Wildman–Crippen LogP) is 3.87. The van der Waals surface area contributed by atoms with Gasteiger partial charge in [0, 0.05) is 28.6 Å². The molecule has 1 fully saturated rings. The summed E-state index contributed by atoms with van der Waals surface area (Å²) in [6, 6.07) is 4.94. The van der Waals surface area contributed by atoms with Gasteiger partial charge >= 0.3 is 0 Å². The number of nitrogens with one attached hydrogen (secondary N) is 1. The molecule has 0 saturated heterocycles. The van der Waals surface area contributed by atoms with Crippen LogP contribution in [0.1, 0.15) is 45.4 Å². The minimum Gasteiger partial charge on any atom is -0.313 e. The zero-order valence-electron chi connectivity index (χ0n) is 11.3. The van der Waals surface area contributed by atoms with Crippen LogP contribution in [0.2, 0.25) is 0 Å². The molecule has 18 heavy (non-hydrogen) atoms. The lowest BCUT2D eigenvalue weighted by molar-refractivity contribution is 0.406. The molecule has 1 aliphatic carbocycles. The van der Waals surface area contributed by atoms with Crippen molar-refractivity contribution < 1.29 is 0 Å². The van der Waals surface area contributed by atoms with Gasteiger partial charge in [-0.2, -0.15) is 0 Å². The third-order valence-electron chi connectivity index (χ3n) is 3.61. The average molecular weight is 264 g/mol. The molecule has 2 nitrogen and oxygen atoms in total. The normalized spacial score (nSPS) is 25.4. The van der Waals surface area contributed by atoms with Gasteiger partial charge in [-0.25, -0.2) is 0 Å². The Morgan fingerprint density at radius 3 is 2.61 bits per heavy atom. The minimum absolute atomic E-state index is 0.675. The number of pyridine rings is 1. The summed E-state index contributed by atoms with van der Waals surface area (Å²) in [4.78, 5) is 5.46. The Bertz CT molecular complexity index is 329. The van der Waals surface area contributed by atoms with Gasteiger partial charge in [0.15, 0.2) is 0 Å². The van der Waals surface area contributed by atoms with Crippen molar-refractivity contribution in [3.63, 3.8) is 0 Å². The van der Waals surface area contributed by atoms with Gasteiger partial charge in [0.2, 0.25) is 0 Å². The highest BCUT2D eigenvalue weighted by Gasteiger charge is 2.22. The van der Waals surface area contributed by atoms with Gasteiger partial charge in [0.1, 0.15) is 0 Å². The Hall–Kier alpha value is -0.540. The molecule has 2 rings (SSSR count). The van der Waals surface area contributed by atoms with Crippen LogP contribution in [0.3, 0.4) is 0 Å². The number of thioether (sulfide) groups is 1. The first kappa shape index (κ1) is 13.9. The fraction of sp³-hybridized carbons (Fsp3) is 0.667. The number of aromatic nitrogens is 1. The molecule has 2 unspecified atom stereocenters. The Morgan fingerprint density at radius 2 is 1.89 bits per heavy atom. The Morgan fingerprint density at radius 1 is 1.17 bits per heavy atom. The second-order valence-electron chi connectivity index (χ2n) is 4.99. The fourth-order valence-corrected chi connectivity index (χ4v) is 3.99. The van der Waals surface area contributed by atoms with Crippen molar-refractivity contribution in [2.75, 3.05) is 6.54 Å². The third-order valence-corrected chi connectivity index (χ3v) is 5.02. The lowest BCUT2D eigenvalue weighted by Crippen LogP contribution is -2.38. The van der Waals surface area contributed by atoms with E-state index >= 15 is 0 Å². The average Bonchev–Trinajstić information content (AvgIpc) is 2.38. The summed E-state index contributed by atoms with van der Waals surface area (Å²) >= 11 is 2.03. The lowest BCUT2D eigenvalue weighted by Gasteiger charge is -2.29. The van der Waals surface area contributed by atoms with E-state index in [0.717, 1.165) is 6.54 Å². The Balaban J connectivity index is 1.99. The summed E-state index contributed by atoms with van der Waals surface area (Å²) in [6.07, 6.45) is 12.0. The number of rotatable bonds is 4. The molecule has 0 aromatic carbocycles. The minimum atomic E-state index is 0.675. The molecule has 1 aliphatic rings. The first-order valence-corrected chi connectivity index (χ1v) is 8.08. The first-order valence-electron chi connectivity index (χ1n) is 7.20. The number of hydrogen-bond acceptors (Lipinski definition) is 3. The van der Waals surface area contributed by atoms with E-state index in [9.17, 15) is 0 Å². The van der Waals surface area contributed by atoms with Crippen molar-refractivity contribution in [3.05, 3.63) is 24.5 Å². The predicted molar refractivity (Wildman–Crippen MR) is 79.0 cm³/mol. The van der Waals surface area contributed by atoms with E-state index in [0.29, 0.717) is 11.3 Å². The van der Waals surface area contributed by atoms with Crippen molar-refractivity contribution in [1.29, 1.82) is 0 Å². The lowest BCUT2D eigenvalue weighted by atomic mass is 9.96. The van der Waals surface area contributed by atoms with E-state index in [2.05, 4.69) is 29.4 Å². The maximum atomic E-state index is 4.10. The van der Waals surface area contributed by atoms with Crippen LogP contribution in [0.5, 0.6) is 0 Å². The monoisotopic (exact) mass is 264 g/mol. The Labute approximate surface area is 115 Å². The van der Waals surface area contributed by atoms with Crippen LogP contribution in [0.4, 0.5) is 0 Å². The molecule has 0 spiro atoms. The zero-order valence-corrected chi connectivity index (χ0v) is 12.1. The van der Waals surface area contributed by atoms with E-state index in [1.807, 2.05) is 24.2 Å². The van der Waals surface area contributed by atoms with Gasteiger partial charge in [0.25, 0.3) is 0 Å². The smallest absolute Gasteiger partial charge is 0.0278 e.